The summed E-state index contributed by atoms with van der Waals surface area (Å²) >= 11 is 0. The maximum atomic E-state index is 10.0. The second-order valence-electron chi connectivity index (χ2n) is 19.4. The topological polar surface area (TPSA) is 75.6 Å². The van der Waals surface area contributed by atoms with Crippen LogP contribution in [0.5, 0.6) is 0 Å². The third kappa shape index (κ3) is 9.83. The number of nitrogens with zero attached hydrogens (tertiary/aromatic N) is 4. The van der Waals surface area contributed by atoms with Gasteiger partial charge in [0.25, 0.3) is 0 Å². The number of para-hydroxylation sites is 1. The summed E-state index contributed by atoms with van der Waals surface area (Å²) in [7, 11) is 0. The van der Waals surface area contributed by atoms with Gasteiger partial charge in [-0.1, -0.05) is 131 Å². The first-order valence-corrected chi connectivity index (χ1v) is 25.0. The van der Waals surface area contributed by atoms with Crippen LogP contribution in [0.4, 0.5) is 0 Å². The van der Waals surface area contributed by atoms with Gasteiger partial charge in [0.2, 0.25) is 0 Å². The average Bonchev–Trinajstić information content (AvgIpc) is 4.25. The lowest BCUT2D eigenvalue weighted by molar-refractivity contribution is 0.666. The molecule has 2 aliphatic carbocycles. The Balaban J connectivity index is 1.07. The van der Waals surface area contributed by atoms with Gasteiger partial charge in [0.05, 0.1) is 28.7 Å². The fourth-order valence-corrected chi connectivity index (χ4v) is 10.6. The van der Waals surface area contributed by atoms with E-state index in [0.717, 1.165) is 91.5 Å². The molecule has 4 heterocycles. The molecule has 0 bridgehead atoms. The second kappa shape index (κ2) is 20.7. The zero-order valence-corrected chi connectivity index (χ0v) is 40.4. The van der Waals surface area contributed by atoms with Crippen LogP contribution in [-0.4, -0.2) is 15.0 Å². The van der Waals surface area contributed by atoms with Gasteiger partial charge in [0.1, 0.15) is 11.2 Å². The third-order valence-corrected chi connectivity index (χ3v) is 14.4. The van der Waals surface area contributed by atoms with Crippen LogP contribution in [-0.2, 0) is 38.2 Å². The molecule has 5 nitrogen and oxygen atoms in total. The van der Waals surface area contributed by atoms with Gasteiger partial charge in [0, 0.05) is 68.1 Å². The minimum absolute atomic E-state index is 0.0170. The number of nitriles is 1. The van der Waals surface area contributed by atoms with Gasteiger partial charge in [0.15, 0.2) is 0 Å². The first-order valence-electron chi connectivity index (χ1n) is 31.0. The van der Waals surface area contributed by atoms with Crippen LogP contribution in [0.2, 0.25) is 0 Å². The van der Waals surface area contributed by atoms with Gasteiger partial charge in [-0.05, 0) is 175 Å². The number of pyridine rings is 3. The van der Waals surface area contributed by atoms with E-state index in [1.807, 2.05) is 118 Å². The highest BCUT2D eigenvalue weighted by Gasteiger charge is 2.24. The van der Waals surface area contributed by atoms with Crippen LogP contribution in [0.25, 0.3) is 55.7 Å². The lowest BCUT2D eigenvalue weighted by atomic mass is 9.88. The van der Waals surface area contributed by atoms with Crippen molar-refractivity contribution < 1.29 is 20.9 Å². The summed E-state index contributed by atoms with van der Waals surface area (Å²) < 4.78 is 126. The first-order chi connectivity index (χ1) is 39.4. The monoisotopic (exact) mass is 941 g/mol. The van der Waals surface area contributed by atoms with Crippen molar-refractivity contribution in [1.82, 2.24) is 15.0 Å². The number of hydrogen-bond donors (Lipinski definition) is 0. The van der Waals surface area contributed by atoms with Crippen molar-refractivity contribution in [2.24, 2.45) is 0 Å². The molecule has 5 aromatic carbocycles. The Morgan fingerprint density at radius 3 is 1.56 bits per heavy atom. The van der Waals surface area contributed by atoms with Crippen LogP contribution in [0.3, 0.4) is 0 Å². The number of hydrogen-bond acceptors (Lipinski definition) is 5. The van der Waals surface area contributed by atoms with Crippen LogP contribution < -0.4 is 0 Å². The van der Waals surface area contributed by atoms with E-state index in [0.29, 0.717) is 61.6 Å². The van der Waals surface area contributed by atoms with Gasteiger partial charge < -0.3 is 4.42 Å². The van der Waals surface area contributed by atoms with Crippen LogP contribution >= 0.6 is 0 Å². The standard InChI is InChI=1S/C66H64N4O/c1-43(2)59-36-64(58-24-14-23-56-57-32-31-52(39-67)44(3)65(57)71-66(56)58)70-40-53(59)28-25-45-33-46(26-29-54-41-68-62(50-19-6-4-7-20-50)37-60(54)48-15-10-11-16-48)35-47(34-45)27-30-55-42-69-63(51-21-8-5-9-22-51)38-61(55)49-17-12-13-18-49/h4-9,14,19-24,31-38,40-43,48-49H,10-13,15-18,25-30H2,1-3H3/i25D2,26D2,27D2,28D2,29D2,30D2. The van der Waals surface area contributed by atoms with Crippen molar-refractivity contribution in [3.05, 3.63) is 207 Å². The maximum Gasteiger partial charge on any atom is 0.144 e. The lowest BCUT2D eigenvalue weighted by Crippen LogP contribution is -2.06. The van der Waals surface area contributed by atoms with Crippen molar-refractivity contribution in [2.45, 2.75) is 128 Å². The molecule has 0 aliphatic heterocycles. The number of furan rings is 1. The first kappa shape index (κ1) is 34.2. The van der Waals surface area contributed by atoms with Crippen molar-refractivity contribution in [3.63, 3.8) is 0 Å². The van der Waals surface area contributed by atoms with Gasteiger partial charge in [-0.2, -0.15) is 5.26 Å². The van der Waals surface area contributed by atoms with Crippen molar-refractivity contribution >= 4 is 21.9 Å². The zero-order chi connectivity index (χ0) is 59.0. The Labute approximate surface area is 436 Å². The number of aryl methyl sites for hydroxylation is 7. The van der Waals surface area contributed by atoms with E-state index in [-0.39, 0.29) is 28.5 Å². The molecule has 0 saturated heterocycles. The van der Waals surface area contributed by atoms with Crippen LogP contribution in [0.15, 0.2) is 150 Å². The van der Waals surface area contributed by atoms with Crippen molar-refractivity contribution in [3.8, 4) is 39.8 Å². The second-order valence-corrected chi connectivity index (χ2v) is 19.4. The van der Waals surface area contributed by atoms with E-state index >= 15 is 0 Å². The van der Waals surface area contributed by atoms with Gasteiger partial charge >= 0.3 is 0 Å². The number of aromatic nitrogens is 3. The molecule has 11 rings (SSSR count). The summed E-state index contributed by atoms with van der Waals surface area (Å²) in [5, 5.41) is 11.4. The minimum Gasteiger partial charge on any atom is -0.455 e. The molecule has 71 heavy (non-hydrogen) atoms. The van der Waals surface area contributed by atoms with Crippen molar-refractivity contribution in [1.29, 1.82) is 5.26 Å². The number of benzene rings is 5. The molecule has 0 spiro atoms. The number of fused-ring (bicyclic) bond motifs is 3. The van der Waals surface area contributed by atoms with E-state index in [1.54, 1.807) is 12.1 Å². The molecule has 0 N–H and O–H groups in total. The molecular weight excluding hydrogens is 865 g/mol. The van der Waals surface area contributed by atoms with Gasteiger partial charge in [-0.15, -0.1) is 0 Å². The van der Waals surface area contributed by atoms with E-state index in [1.165, 1.54) is 18.6 Å². The summed E-state index contributed by atoms with van der Waals surface area (Å²) in [5.74, 6) is -0.652. The average molecular weight is 941 g/mol. The van der Waals surface area contributed by atoms with Gasteiger partial charge in [-0.3, -0.25) is 15.0 Å². The normalized spacial score (nSPS) is 18.0. The summed E-state index contributed by atoms with van der Waals surface area (Å²) in [5.41, 5.74) is 5.82. The SMILES string of the molecule is [2H]C([2H])(c1cc(C([2H])([2H])C([2H])([2H])c2cnc(-c3ccccc3)cc2C2CCCC2)cc(C([2H])([2H])C([2H])([2H])c2cnc(-c3ccccc3)cc2C2CCCC2)c1)C([2H])([2H])c1cnc(-c2cccc3c2oc2c(C)c(C#N)ccc23)cc1C(C)C. The summed E-state index contributed by atoms with van der Waals surface area (Å²) in [6, 6.07) is 38.9. The Hall–Kier alpha value is -7.16. The fourth-order valence-electron chi connectivity index (χ4n) is 10.6. The predicted molar refractivity (Wildman–Crippen MR) is 291 cm³/mol. The Kier molecular flexibility index (Phi) is 9.96. The molecule has 354 valence electrons. The Bertz CT molecular complexity index is 3830. The minimum atomic E-state index is -3.15. The highest BCUT2D eigenvalue weighted by molar-refractivity contribution is 6.10. The zero-order valence-electron chi connectivity index (χ0n) is 52.4. The molecule has 4 aromatic heterocycles. The Morgan fingerprint density at radius 1 is 0.549 bits per heavy atom. The quantitative estimate of drug-likeness (QED) is 0.102. The summed E-state index contributed by atoms with van der Waals surface area (Å²) in [6.07, 6.45) is -7.59. The highest BCUT2D eigenvalue weighted by atomic mass is 16.3. The Morgan fingerprint density at radius 2 is 1.04 bits per heavy atom. The molecule has 0 atom stereocenters. The smallest absolute Gasteiger partial charge is 0.144 e. The van der Waals surface area contributed by atoms with Crippen molar-refractivity contribution in [2.75, 3.05) is 0 Å². The highest BCUT2D eigenvalue weighted by Crippen LogP contribution is 2.41. The summed E-state index contributed by atoms with van der Waals surface area (Å²) in [6.45, 7) is 5.51. The molecule has 0 amide bonds. The third-order valence-electron chi connectivity index (χ3n) is 14.4. The molecule has 2 aliphatic rings. The van der Waals surface area contributed by atoms with E-state index in [2.05, 4.69) is 6.07 Å². The predicted octanol–water partition coefficient (Wildman–Crippen LogP) is 16.7. The maximum absolute atomic E-state index is 10.0. The molecule has 5 heteroatoms. The number of rotatable bonds is 15. The largest absolute Gasteiger partial charge is 0.455 e. The van der Waals surface area contributed by atoms with Gasteiger partial charge in [-0.25, -0.2) is 0 Å². The molecule has 2 fully saturated rings. The summed E-state index contributed by atoms with van der Waals surface area (Å²) in [4.78, 5) is 14.2. The van der Waals surface area contributed by atoms with E-state index < -0.39 is 60.8 Å². The lowest BCUT2D eigenvalue weighted by Gasteiger charge is -2.18. The molecule has 9 aromatic rings. The fraction of sp³-hybridized carbons (Fsp3) is 0.303. The van der Waals surface area contributed by atoms with Crippen LogP contribution in [0.1, 0.15) is 161 Å². The van der Waals surface area contributed by atoms with E-state index in [9.17, 15) is 21.7 Å². The molecule has 2 saturated carbocycles. The molecule has 0 radical (unpaired) electrons. The molecular formula is C66H64N4O. The molecule has 0 unspecified atom stereocenters. The van der Waals surface area contributed by atoms with E-state index in [4.69, 9.17) is 19.4 Å². The van der Waals surface area contributed by atoms with Crippen LogP contribution in [0, 0.1) is 18.3 Å².